The largest absolute Gasteiger partial charge is 0.240 e. The third-order valence-corrected chi connectivity index (χ3v) is 4.95. The van der Waals surface area contributed by atoms with Crippen molar-refractivity contribution in [3.8, 4) is 28.5 Å². The van der Waals surface area contributed by atoms with Crippen LogP contribution in [0, 0.1) is 11.3 Å². The second-order valence-corrected chi connectivity index (χ2v) is 6.55. The molecule has 0 unspecified atom stereocenters. The maximum absolute atomic E-state index is 9.02. The second kappa shape index (κ2) is 6.46. The molecule has 0 bridgehead atoms. The molecule has 0 radical (unpaired) electrons. The van der Waals surface area contributed by atoms with Gasteiger partial charge in [0.15, 0.2) is 0 Å². The summed E-state index contributed by atoms with van der Waals surface area (Å²) in [6, 6.07) is 24.4. The number of fused-ring (bicyclic) bond motifs is 1. The number of nitriles is 1. The standard InChI is InChI=1S/C21H15N3S/c1-25-18-11-9-16(10-12-18)20-19-4-2-3-13-24(19)23-21(20)17-7-5-15(14-22)6-8-17/h2-13H,1H3. The van der Waals surface area contributed by atoms with Gasteiger partial charge in [-0.05, 0) is 48.2 Å². The SMILES string of the molecule is CSc1ccc(-c2c(-c3ccc(C#N)cc3)nn3ccccc23)cc1. The van der Waals surface area contributed by atoms with Gasteiger partial charge in [-0.15, -0.1) is 11.8 Å². The molecule has 120 valence electrons. The zero-order valence-corrected chi connectivity index (χ0v) is 14.5. The Morgan fingerprint density at radius 1 is 0.920 bits per heavy atom. The van der Waals surface area contributed by atoms with E-state index in [1.54, 1.807) is 11.8 Å². The third kappa shape index (κ3) is 2.79. The average Bonchev–Trinajstić information content (AvgIpc) is 3.07. The predicted octanol–water partition coefficient (Wildman–Crippen LogP) is 5.26. The van der Waals surface area contributed by atoms with Crippen molar-refractivity contribution in [2.75, 3.05) is 6.26 Å². The third-order valence-electron chi connectivity index (χ3n) is 4.21. The summed E-state index contributed by atoms with van der Waals surface area (Å²) in [5.41, 5.74) is 5.90. The minimum Gasteiger partial charge on any atom is -0.240 e. The zero-order chi connectivity index (χ0) is 17.2. The molecule has 0 atom stereocenters. The molecule has 2 heterocycles. The van der Waals surface area contributed by atoms with Gasteiger partial charge < -0.3 is 0 Å². The maximum atomic E-state index is 9.02. The predicted molar refractivity (Wildman–Crippen MR) is 103 cm³/mol. The molecule has 2 aromatic carbocycles. The van der Waals surface area contributed by atoms with Gasteiger partial charge in [0.05, 0.1) is 17.1 Å². The van der Waals surface area contributed by atoms with Crippen LogP contribution < -0.4 is 0 Å². The zero-order valence-electron chi connectivity index (χ0n) is 13.7. The number of nitrogens with zero attached hydrogens (tertiary/aromatic N) is 3. The molecule has 4 aromatic rings. The summed E-state index contributed by atoms with van der Waals surface area (Å²) in [4.78, 5) is 1.24. The van der Waals surface area contributed by atoms with E-state index in [1.807, 2.05) is 47.1 Å². The Labute approximate surface area is 150 Å². The summed E-state index contributed by atoms with van der Waals surface area (Å²) < 4.78 is 1.91. The molecular formula is C21H15N3S. The molecule has 4 rings (SSSR count). The van der Waals surface area contributed by atoms with Crippen molar-refractivity contribution in [3.63, 3.8) is 0 Å². The fourth-order valence-corrected chi connectivity index (χ4v) is 3.35. The van der Waals surface area contributed by atoms with Crippen LogP contribution in [-0.2, 0) is 0 Å². The second-order valence-electron chi connectivity index (χ2n) is 5.67. The summed E-state index contributed by atoms with van der Waals surface area (Å²) in [5, 5.41) is 13.8. The Morgan fingerprint density at radius 2 is 1.64 bits per heavy atom. The van der Waals surface area contributed by atoms with E-state index in [2.05, 4.69) is 42.7 Å². The van der Waals surface area contributed by atoms with E-state index in [0.717, 1.165) is 27.9 Å². The van der Waals surface area contributed by atoms with E-state index >= 15 is 0 Å². The van der Waals surface area contributed by atoms with Crippen LogP contribution in [0.15, 0.2) is 77.8 Å². The molecule has 25 heavy (non-hydrogen) atoms. The number of hydrogen-bond donors (Lipinski definition) is 0. The molecule has 0 spiro atoms. The van der Waals surface area contributed by atoms with Crippen molar-refractivity contribution in [1.29, 1.82) is 5.26 Å². The molecule has 0 N–H and O–H groups in total. The number of hydrogen-bond acceptors (Lipinski definition) is 3. The van der Waals surface area contributed by atoms with Gasteiger partial charge in [0.25, 0.3) is 0 Å². The summed E-state index contributed by atoms with van der Waals surface area (Å²) >= 11 is 1.73. The number of rotatable bonds is 3. The molecule has 4 heteroatoms. The first-order valence-corrected chi connectivity index (χ1v) is 9.15. The van der Waals surface area contributed by atoms with Crippen molar-refractivity contribution >= 4 is 17.3 Å². The van der Waals surface area contributed by atoms with Crippen LogP contribution in [0.1, 0.15) is 5.56 Å². The Kier molecular flexibility index (Phi) is 4.01. The fraction of sp³-hybridized carbons (Fsp3) is 0.0476. The van der Waals surface area contributed by atoms with E-state index in [9.17, 15) is 0 Å². The average molecular weight is 341 g/mol. The number of pyridine rings is 1. The fourth-order valence-electron chi connectivity index (χ4n) is 2.95. The smallest absolute Gasteiger partial charge is 0.101 e. The molecule has 0 aliphatic carbocycles. The van der Waals surface area contributed by atoms with Crippen molar-refractivity contribution in [3.05, 3.63) is 78.5 Å². The molecule has 0 saturated carbocycles. The Morgan fingerprint density at radius 3 is 2.32 bits per heavy atom. The number of benzene rings is 2. The monoisotopic (exact) mass is 341 g/mol. The Hall–Kier alpha value is -3.03. The number of aromatic nitrogens is 2. The molecular weight excluding hydrogens is 326 g/mol. The topological polar surface area (TPSA) is 41.1 Å². The normalized spacial score (nSPS) is 10.7. The Balaban J connectivity index is 1.95. The Bertz CT molecular complexity index is 1070. The van der Waals surface area contributed by atoms with Gasteiger partial charge in [0, 0.05) is 22.2 Å². The van der Waals surface area contributed by atoms with Crippen LogP contribution in [0.5, 0.6) is 0 Å². The highest BCUT2D eigenvalue weighted by Crippen LogP contribution is 2.35. The van der Waals surface area contributed by atoms with E-state index in [-0.39, 0.29) is 0 Å². The van der Waals surface area contributed by atoms with Crippen LogP contribution in [0.2, 0.25) is 0 Å². The lowest BCUT2D eigenvalue weighted by Gasteiger charge is -2.05. The van der Waals surface area contributed by atoms with E-state index in [4.69, 9.17) is 10.4 Å². The van der Waals surface area contributed by atoms with Gasteiger partial charge in [-0.3, -0.25) is 0 Å². The van der Waals surface area contributed by atoms with Crippen LogP contribution >= 0.6 is 11.8 Å². The molecule has 0 fully saturated rings. The van der Waals surface area contributed by atoms with E-state index in [0.29, 0.717) is 5.56 Å². The molecule has 2 aromatic heterocycles. The first kappa shape index (κ1) is 15.5. The lowest BCUT2D eigenvalue weighted by Crippen LogP contribution is -1.85. The lowest BCUT2D eigenvalue weighted by molar-refractivity contribution is 0.966. The first-order valence-electron chi connectivity index (χ1n) is 7.92. The molecule has 0 aliphatic rings. The van der Waals surface area contributed by atoms with Crippen LogP contribution in [-0.4, -0.2) is 15.9 Å². The maximum Gasteiger partial charge on any atom is 0.101 e. The lowest BCUT2D eigenvalue weighted by atomic mass is 9.99. The number of thioether (sulfide) groups is 1. The van der Waals surface area contributed by atoms with Gasteiger partial charge in [-0.1, -0.05) is 30.3 Å². The quantitative estimate of drug-likeness (QED) is 0.477. The van der Waals surface area contributed by atoms with Gasteiger partial charge in [-0.2, -0.15) is 10.4 Å². The van der Waals surface area contributed by atoms with E-state index < -0.39 is 0 Å². The van der Waals surface area contributed by atoms with Crippen LogP contribution in [0.4, 0.5) is 0 Å². The summed E-state index contributed by atoms with van der Waals surface area (Å²) in [5.74, 6) is 0. The van der Waals surface area contributed by atoms with Crippen molar-refractivity contribution in [2.45, 2.75) is 4.90 Å². The molecule has 0 aliphatic heterocycles. The molecule has 3 nitrogen and oxygen atoms in total. The van der Waals surface area contributed by atoms with E-state index in [1.165, 1.54) is 4.90 Å². The van der Waals surface area contributed by atoms with Crippen molar-refractivity contribution < 1.29 is 0 Å². The first-order chi connectivity index (χ1) is 12.3. The van der Waals surface area contributed by atoms with Gasteiger partial charge in [-0.25, -0.2) is 4.52 Å². The van der Waals surface area contributed by atoms with Gasteiger partial charge >= 0.3 is 0 Å². The van der Waals surface area contributed by atoms with Gasteiger partial charge in [0.2, 0.25) is 0 Å². The summed E-state index contributed by atoms with van der Waals surface area (Å²) in [7, 11) is 0. The molecule has 0 saturated heterocycles. The minimum absolute atomic E-state index is 0.651. The van der Waals surface area contributed by atoms with Crippen molar-refractivity contribution in [2.24, 2.45) is 0 Å². The van der Waals surface area contributed by atoms with Crippen molar-refractivity contribution in [1.82, 2.24) is 9.61 Å². The summed E-state index contributed by atoms with van der Waals surface area (Å²) in [6.45, 7) is 0. The minimum atomic E-state index is 0.651. The van der Waals surface area contributed by atoms with Crippen LogP contribution in [0.25, 0.3) is 27.9 Å². The highest BCUT2D eigenvalue weighted by atomic mass is 32.2. The highest BCUT2D eigenvalue weighted by Gasteiger charge is 2.16. The summed E-state index contributed by atoms with van der Waals surface area (Å²) in [6.07, 6.45) is 4.04. The molecule has 0 amide bonds. The van der Waals surface area contributed by atoms with Gasteiger partial charge in [0.1, 0.15) is 5.69 Å². The highest BCUT2D eigenvalue weighted by molar-refractivity contribution is 7.98. The van der Waals surface area contributed by atoms with Crippen LogP contribution in [0.3, 0.4) is 0 Å².